The van der Waals surface area contributed by atoms with Crippen molar-refractivity contribution >= 4 is 44.6 Å². The summed E-state index contributed by atoms with van der Waals surface area (Å²) in [5.41, 5.74) is 2.08. The summed E-state index contributed by atoms with van der Waals surface area (Å²) < 4.78 is 25.8. The van der Waals surface area contributed by atoms with Crippen molar-refractivity contribution in [1.29, 1.82) is 0 Å². The standard InChI is InChI=1S/C18H19ClN2O3S2/c1-3-9-20(12-15-5-7-17(19)25-15)18(22)14-4-6-16-13(11-14)8-10-21(16)26(2,23)24/h3-7,11H,1,8-10,12H2,2H3. The summed E-state index contributed by atoms with van der Waals surface area (Å²) in [5, 5.41) is 0. The first-order valence-electron chi connectivity index (χ1n) is 8.04. The predicted octanol–water partition coefficient (Wildman–Crippen LogP) is 3.55. The van der Waals surface area contributed by atoms with E-state index in [1.807, 2.05) is 12.1 Å². The van der Waals surface area contributed by atoms with Gasteiger partial charge in [0, 0.05) is 23.5 Å². The highest BCUT2D eigenvalue weighted by Crippen LogP contribution is 2.31. The molecule has 0 N–H and O–H groups in total. The fourth-order valence-electron chi connectivity index (χ4n) is 3.03. The average molecular weight is 411 g/mol. The van der Waals surface area contributed by atoms with Gasteiger partial charge in [0.25, 0.3) is 5.91 Å². The van der Waals surface area contributed by atoms with Crippen LogP contribution in [0.25, 0.3) is 0 Å². The van der Waals surface area contributed by atoms with Crippen molar-refractivity contribution in [3.63, 3.8) is 0 Å². The van der Waals surface area contributed by atoms with Gasteiger partial charge < -0.3 is 4.90 Å². The molecule has 2 heterocycles. The number of carbonyl (C=O) groups is 1. The van der Waals surface area contributed by atoms with Gasteiger partial charge in [-0.05, 0) is 42.3 Å². The number of hydrogen-bond donors (Lipinski definition) is 0. The first-order valence-corrected chi connectivity index (χ1v) is 11.1. The van der Waals surface area contributed by atoms with E-state index in [1.54, 1.807) is 29.2 Å². The lowest BCUT2D eigenvalue weighted by Crippen LogP contribution is -2.30. The Labute approximate surface area is 162 Å². The Balaban J connectivity index is 1.85. The molecule has 26 heavy (non-hydrogen) atoms. The van der Waals surface area contributed by atoms with E-state index >= 15 is 0 Å². The van der Waals surface area contributed by atoms with Crippen LogP contribution >= 0.6 is 22.9 Å². The Bertz CT molecular complexity index is 953. The number of carbonyl (C=O) groups excluding carboxylic acids is 1. The third kappa shape index (κ3) is 3.95. The van der Waals surface area contributed by atoms with Crippen molar-refractivity contribution in [3.8, 4) is 0 Å². The van der Waals surface area contributed by atoms with Gasteiger partial charge in [-0.15, -0.1) is 17.9 Å². The van der Waals surface area contributed by atoms with Crippen LogP contribution < -0.4 is 4.31 Å². The molecular weight excluding hydrogens is 392 g/mol. The number of hydrogen-bond acceptors (Lipinski definition) is 4. The van der Waals surface area contributed by atoms with E-state index in [1.165, 1.54) is 21.9 Å². The van der Waals surface area contributed by atoms with Crippen LogP contribution in [-0.2, 0) is 23.0 Å². The topological polar surface area (TPSA) is 57.7 Å². The fraction of sp³-hybridized carbons (Fsp3) is 0.278. The first kappa shape index (κ1) is 18.9. The Morgan fingerprint density at radius 1 is 1.38 bits per heavy atom. The number of sulfonamides is 1. The van der Waals surface area contributed by atoms with E-state index < -0.39 is 10.0 Å². The summed E-state index contributed by atoms with van der Waals surface area (Å²) >= 11 is 7.41. The second-order valence-electron chi connectivity index (χ2n) is 6.11. The molecule has 0 aliphatic carbocycles. The molecular formula is C18H19ClN2O3S2. The van der Waals surface area contributed by atoms with Crippen molar-refractivity contribution in [3.05, 3.63) is 63.3 Å². The highest BCUT2D eigenvalue weighted by Gasteiger charge is 2.27. The normalized spacial score (nSPS) is 13.5. The third-order valence-corrected chi connectivity index (χ3v) is 6.59. The quantitative estimate of drug-likeness (QED) is 0.684. The van der Waals surface area contributed by atoms with Gasteiger partial charge >= 0.3 is 0 Å². The van der Waals surface area contributed by atoms with Gasteiger partial charge in [-0.3, -0.25) is 9.10 Å². The minimum absolute atomic E-state index is 0.116. The van der Waals surface area contributed by atoms with Crippen LogP contribution in [0, 0.1) is 0 Å². The van der Waals surface area contributed by atoms with E-state index in [-0.39, 0.29) is 5.91 Å². The highest BCUT2D eigenvalue weighted by molar-refractivity contribution is 7.92. The highest BCUT2D eigenvalue weighted by atomic mass is 35.5. The molecule has 8 heteroatoms. The minimum atomic E-state index is -3.30. The predicted molar refractivity (Wildman–Crippen MR) is 107 cm³/mol. The van der Waals surface area contributed by atoms with E-state index in [0.717, 1.165) is 10.4 Å². The summed E-state index contributed by atoms with van der Waals surface area (Å²) in [6.07, 6.45) is 3.48. The van der Waals surface area contributed by atoms with Crippen LogP contribution in [0.15, 0.2) is 43.0 Å². The Morgan fingerprint density at radius 2 is 2.15 bits per heavy atom. The molecule has 0 unspecified atom stereocenters. The second kappa shape index (κ2) is 7.42. The maximum absolute atomic E-state index is 12.9. The molecule has 0 radical (unpaired) electrons. The van der Waals surface area contributed by atoms with Gasteiger partial charge in [0.05, 0.1) is 22.8 Å². The van der Waals surface area contributed by atoms with Gasteiger partial charge in [0.1, 0.15) is 0 Å². The number of halogens is 1. The molecule has 0 bridgehead atoms. The van der Waals surface area contributed by atoms with Crippen LogP contribution in [0.5, 0.6) is 0 Å². The number of rotatable bonds is 6. The molecule has 5 nitrogen and oxygen atoms in total. The second-order valence-corrected chi connectivity index (χ2v) is 9.82. The van der Waals surface area contributed by atoms with E-state index in [4.69, 9.17) is 11.6 Å². The number of thiophene rings is 1. The SMILES string of the molecule is C=CCN(Cc1ccc(Cl)s1)C(=O)c1ccc2c(c1)CCN2S(C)(=O)=O. The molecule has 1 aliphatic heterocycles. The van der Waals surface area contributed by atoms with Crippen molar-refractivity contribution in [2.45, 2.75) is 13.0 Å². The lowest BCUT2D eigenvalue weighted by molar-refractivity contribution is 0.0764. The maximum atomic E-state index is 12.9. The lowest BCUT2D eigenvalue weighted by Gasteiger charge is -2.21. The molecule has 0 spiro atoms. The lowest BCUT2D eigenvalue weighted by atomic mass is 10.1. The number of anilines is 1. The van der Waals surface area contributed by atoms with Crippen molar-refractivity contribution in [2.24, 2.45) is 0 Å². The van der Waals surface area contributed by atoms with Crippen molar-refractivity contribution in [2.75, 3.05) is 23.7 Å². The van der Waals surface area contributed by atoms with Gasteiger partial charge in [-0.1, -0.05) is 17.7 Å². The smallest absolute Gasteiger partial charge is 0.254 e. The summed E-state index contributed by atoms with van der Waals surface area (Å²) in [7, 11) is -3.30. The molecule has 1 amide bonds. The zero-order valence-corrected chi connectivity index (χ0v) is 16.7. The van der Waals surface area contributed by atoms with Gasteiger partial charge in [0.15, 0.2) is 0 Å². The minimum Gasteiger partial charge on any atom is -0.330 e. The largest absolute Gasteiger partial charge is 0.330 e. The zero-order chi connectivity index (χ0) is 18.9. The Hall–Kier alpha value is -1.83. The van der Waals surface area contributed by atoms with Crippen molar-refractivity contribution < 1.29 is 13.2 Å². The first-order chi connectivity index (χ1) is 12.3. The van der Waals surface area contributed by atoms with Gasteiger partial charge in [0.2, 0.25) is 10.0 Å². The molecule has 138 valence electrons. The molecule has 0 atom stereocenters. The molecule has 1 aromatic carbocycles. The average Bonchev–Trinajstić information content (AvgIpc) is 3.18. The summed E-state index contributed by atoms with van der Waals surface area (Å²) in [6.45, 7) is 5.01. The monoisotopic (exact) mass is 410 g/mol. The van der Waals surface area contributed by atoms with Crippen molar-refractivity contribution in [1.82, 2.24) is 4.90 Å². The Morgan fingerprint density at radius 3 is 2.77 bits per heavy atom. The molecule has 0 saturated carbocycles. The molecule has 1 aliphatic rings. The zero-order valence-electron chi connectivity index (χ0n) is 14.3. The summed E-state index contributed by atoms with van der Waals surface area (Å²) in [6, 6.07) is 8.91. The Kier molecular flexibility index (Phi) is 5.41. The van der Waals surface area contributed by atoms with Gasteiger partial charge in [-0.25, -0.2) is 8.42 Å². The summed E-state index contributed by atoms with van der Waals surface area (Å²) in [4.78, 5) is 15.6. The number of nitrogens with zero attached hydrogens (tertiary/aromatic N) is 2. The molecule has 3 rings (SSSR count). The van der Waals surface area contributed by atoms with E-state index in [9.17, 15) is 13.2 Å². The fourth-order valence-corrected chi connectivity index (χ4v) is 5.09. The van der Waals surface area contributed by atoms with E-state index in [0.29, 0.717) is 41.6 Å². The van der Waals surface area contributed by atoms with Crippen LogP contribution in [0.4, 0.5) is 5.69 Å². The van der Waals surface area contributed by atoms with Crippen LogP contribution in [0.2, 0.25) is 4.34 Å². The van der Waals surface area contributed by atoms with Crippen LogP contribution in [0.3, 0.4) is 0 Å². The number of benzene rings is 1. The molecule has 1 aromatic heterocycles. The van der Waals surface area contributed by atoms with Crippen LogP contribution in [0.1, 0.15) is 20.8 Å². The number of fused-ring (bicyclic) bond motifs is 1. The molecule has 2 aromatic rings. The van der Waals surface area contributed by atoms with Gasteiger partial charge in [-0.2, -0.15) is 0 Å². The molecule has 0 saturated heterocycles. The van der Waals surface area contributed by atoms with Crippen LogP contribution in [-0.4, -0.2) is 38.6 Å². The number of amides is 1. The third-order valence-electron chi connectivity index (χ3n) is 4.19. The summed E-state index contributed by atoms with van der Waals surface area (Å²) in [5.74, 6) is -0.116. The molecule has 0 fully saturated rings. The van der Waals surface area contributed by atoms with E-state index in [2.05, 4.69) is 6.58 Å². The maximum Gasteiger partial charge on any atom is 0.254 e.